The molecule has 178 valence electrons. The van der Waals surface area contributed by atoms with Crippen molar-refractivity contribution in [2.45, 2.75) is 30.5 Å². The van der Waals surface area contributed by atoms with Crippen LogP contribution in [0.15, 0.2) is 61.1 Å². The highest BCUT2D eigenvalue weighted by atomic mass is 35.5. The Morgan fingerprint density at radius 3 is 2.86 bits per heavy atom. The maximum Gasteiger partial charge on any atom is 0.264 e. The number of hydrogen-bond donors (Lipinski definition) is 2. The molecule has 4 heterocycles. The number of aromatic nitrogens is 4. The van der Waals surface area contributed by atoms with E-state index in [2.05, 4.69) is 20.8 Å². The maximum absolute atomic E-state index is 13.7. The third-order valence-corrected chi connectivity index (χ3v) is 7.32. The van der Waals surface area contributed by atoms with Crippen LogP contribution in [-0.4, -0.2) is 54.1 Å². The minimum absolute atomic E-state index is 0.171. The molecule has 2 amide bonds. The van der Waals surface area contributed by atoms with Gasteiger partial charge < -0.3 is 20.1 Å². The first-order valence-electron chi connectivity index (χ1n) is 11.2. The molecule has 1 saturated carbocycles. The van der Waals surface area contributed by atoms with Crippen molar-refractivity contribution < 1.29 is 19.4 Å². The largest absolute Gasteiger partial charge is 0.465 e. The van der Waals surface area contributed by atoms with Crippen LogP contribution in [0.1, 0.15) is 24.0 Å². The number of tetrazole rings is 1. The summed E-state index contributed by atoms with van der Waals surface area (Å²) in [6.45, 7) is 0.586. The lowest BCUT2D eigenvalue weighted by Gasteiger charge is -2.43. The monoisotopic (exact) mass is 492 g/mol. The van der Waals surface area contributed by atoms with Gasteiger partial charge in [0.25, 0.3) is 5.91 Å². The molecule has 3 aliphatic heterocycles. The van der Waals surface area contributed by atoms with Crippen LogP contribution in [0, 0.1) is 5.92 Å². The molecule has 10 nitrogen and oxygen atoms in total. The molecule has 1 atom stereocenters. The Balaban J connectivity index is 1.25. The molecule has 11 heteroatoms. The van der Waals surface area contributed by atoms with E-state index in [4.69, 9.17) is 16.3 Å². The topological polar surface area (TPSA) is 122 Å². The smallest absolute Gasteiger partial charge is 0.264 e. The van der Waals surface area contributed by atoms with Gasteiger partial charge in [-0.25, -0.2) is 4.68 Å². The molecule has 0 spiro atoms. The van der Waals surface area contributed by atoms with Gasteiger partial charge >= 0.3 is 0 Å². The number of rotatable bonds is 5. The van der Waals surface area contributed by atoms with Gasteiger partial charge in [0.1, 0.15) is 17.6 Å². The number of para-hydroxylation sites is 1. The number of benzene rings is 2. The van der Waals surface area contributed by atoms with Crippen molar-refractivity contribution in [2.24, 2.45) is 5.92 Å². The van der Waals surface area contributed by atoms with Gasteiger partial charge in [0.05, 0.1) is 11.9 Å². The van der Waals surface area contributed by atoms with E-state index in [-0.39, 0.29) is 18.4 Å². The minimum Gasteiger partial charge on any atom is -0.465 e. The van der Waals surface area contributed by atoms with Crippen LogP contribution < -0.4 is 10.1 Å². The summed E-state index contributed by atoms with van der Waals surface area (Å²) in [5, 5.41) is 26.2. The Morgan fingerprint density at radius 2 is 2.06 bits per heavy atom. The second-order valence-corrected chi connectivity index (χ2v) is 9.55. The Labute approximate surface area is 205 Å². The normalized spacial score (nSPS) is 26.0. The number of nitrogens with zero attached hydrogens (tertiary/aromatic N) is 5. The van der Waals surface area contributed by atoms with Gasteiger partial charge in [-0.05, 0) is 65.1 Å². The lowest BCUT2D eigenvalue weighted by molar-refractivity contribution is -0.157. The molecular weight excluding hydrogens is 472 g/mol. The van der Waals surface area contributed by atoms with Crippen molar-refractivity contribution in [2.75, 3.05) is 6.54 Å². The first-order chi connectivity index (χ1) is 16.9. The van der Waals surface area contributed by atoms with Gasteiger partial charge in [-0.15, -0.1) is 5.10 Å². The third kappa shape index (κ3) is 3.32. The molecule has 7 rings (SSSR count). The average Bonchev–Trinajstić information content (AvgIpc) is 3.58. The number of fused-ring (bicyclic) bond motifs is 2. The summed E-state index contributed by atoms with van der Waals surface area (Å²) in [6, 6.07) is 12.1. The molecule has 3 fully saturated rings. The number of aliphatic hydroxyl groups is 1. The van der Waals surface area contributed by atoms with E-state index in [0.29, 0.717) is 41.4 Å². The minimum atomic E-state index is -1.90. The SMILES string of the molecule is O=C(N1CC2CC1(C(=O)NCc1cc(Cl)ccc1-n1cnnn1)C2)C1(O)C=COc2ccccc21. The van der Waals surface area contributed by atoms with Gasteiger partial charge in [0, 0.05) is 23.7 Å². The predicted octanol–water partition coefficient (Wildman–Crippen LogP) is 1.72. The summed E-state index contributed by atoms with van der Waals surface area (Å²) in [5.74, 6) is -0.172. The van der Waals surface area contributed by atoms with E-state index in [1.807, 2.05) is 0 Å². The van der Waals surface area contributed by atoms with Crippen molar-refractivity contribution >= 4 is 23.4 Å². The number of ether oxygens (including phenoxy) is 1. The zero-order valence-corrected chi connectivity index (χ0v) is 19.2. The molecular formula is C24H21ClN6O4. The predicted molar refractivity (Wildman–Crippen MR) is 123 cm³/mol. The Bertz CT molecular complexity index is 1350. The second-order valence-electron chi connectivity index (χ2n) is 9.11. The van der Waals surface area contributed by atoms with E-state index in [1.165, 1.54) is 28.2 Å². The van der Waals surface area contributed by atoms with Crippen LogP contribution in [0.4, 0.5) is 0 Å². The molecule has 0 radical (unpaired) electrons. The molecule has 1 aliphatic carbocycles. The Kier molecular flexibility index (Phi) is 4.90. The third-order valence-electron chi connectivity index (χ3n) is 7.08. The molecule has 4 aliphatic rings. The van der Waals surface area contributed by atoms with Gasteiger partial charge in [0.15, 0.2) is 5.60 Å². The lowest BCUT2D eigenvalue weighted by atomic mass is 9.72. The van der Waals surface area contributed by atoms with Gasteiger partial charge in [-0.3, -0.25) is 9.59 Å². The summed E-state index contributed by atoms with van der Waals surface area (Å²) in [7, 11) is 0. The highest BCUT2D eigenvalue weighted by molar-refractivity contribution is 6.30. The van der Waals surface area contributed by atoms with Crippen LogP contribution in [-0.2, 0) is 21.7 Å². The molecule has 35 heavy (non-hydrogen) atoms. The number of amides is 2. The highest BCUT2D eigenvalue weighted by Gasteiger charge is 2.64. The maximum atomic E-state index is 13.7. The highest BCUT2D eigenvalue weighted by Crippen LogP contribution is 2.52. The van der Waals surface area contributed by atoms with Crippen molar-refractivity contribution in [1.29, 1.82) is 0 Å². The quantitative estimate of drug-likeness (QED) is 0.556. The van der Waals surface area contributed by atoms with Crippen LogP contribution in [0.2, 0.25) is 5.02 Å². The molecule has 2 aromatic carbocycles. The second kappa shape index (κ2) is 7.89. The molecule has 2 bridgehead atoms. The number of carbonyl (C=O) groups is 2. The number of hydrogen-bond acceptors (Lipinski definition) is 7. The number of carbonyl (C=O) groups excluding carboxylic acids is 2. The van der Waals surface area contributed by atoms with Crippen LogP contribution >= 0.6 is 11.6 Å². The molecule has 3 aromatic rings. The van der Waals surface area contributed by atoms with Crippen molar-refractivity contribution in [3.8, 4) is 11.4 Å². The molecule has 1 unspecified atom stereocenters. The van der Waals surface area contributed by atoms with E-state index >= 15 is 0 Å². The number of halogens is 1. The van der Waals surface area contributed by atoms with Crippen LogP contribution in [0.3, 0.4) is 0 Å². The molecule has 2 saturated heterocycles. The molecule has 2 N–H and O–H groups in total. The number of nitrogens with one attached hydrogen (secondary N) is 1. The summed E-state index contributed by atoms with van der Waals surface area (Å²) < 4.78 is 6.95. The van der Waals surface area contributed by atoms with Gasteiger partial charge in [-0.2, -0.15) is 0 Å². The van der Waals surface area contributed by atoms with E-state index < -0.39 is 17.0 Å². The van der Waals surface area contributed by atoms with E-state index in [0.717, 1.165) is 5.56 Å². The Hall–Kier alpha value is -3.76. The fraction of sp³-hybridized carbons (Fsp3) is 0.292. The van der Waals surface area contributed by atoms with Gasteiger partial charge in [-0.1, -0.05) is 29.8 Å². The van der Waals surface area contributed by atoms with Crippen molar-refractivity contribution in [3.05, 3.63) is 77.3 Å². The summed E-state index contributed by atoms with van der Waals surface area (Å²) in [4.78, 5) is 28.7. The van der Waals surface area contributed by atoms with Crippen LogP contribution in [0.25, 0.3) is 5.69 Å². The van der Waals surface area contributed by atoms with E-state index in [1.54, 1.807) is 42.5 Å². The zero-order chi connectivity index (χ0) is 24.2. The summed E-state index contributed by atoms with van der Waals surface area (Å²) in [5.41, 5.74) is -1.15. The van der Waals surface area contributed by atoms with E-state index in [9.17, 15) is 14.7 Å². The first kappa shape index (κ1) is 21.8. The van der Waals surface area contributed by atoms with Crippen molar-refractivity contribution in [1.82, 2.24) is 30.4 Å². The zero-order valence-electron chi connectivity index (χ0n) is 18.5. The van der Waals surface area contributed by atoms with Crippen LogP contribution in [0.5, 0.6) is 5.75 Å². The first-order valence-corrected chi connectivity index (χ1v) is 11.6. The summed E-state index contributed by atoms with van der Waals surface area (Å²) in [6.07, 6.45) is 5.22. The fourth-order valence-electron chi connectivity index (χ4n) is 5.37. The molecule has 1 aromatic heterocycles. The van der Waals surface area contributed by atoms with Crippen molar-refractivity contribution in [3.63, 3.8) is 0 Å². The summed E-state index contributed by atoms with van der Waals surface area (Å²) >= 11 is 6.19. The lowest BCUT2D eigenvalue weighted by Crippen LogP contribution is -2.61. The average molecular weight is 493 g/mol. The Morgan fingerprint density at radius 1 is 1.23 bits per heavy atom. The standard InChI is InChI=1S/C24H21ClN6O4/c25-17-5-6-19(31-14-27-28-29-31)16(9-17)12-26-21(32)23-10-15(11-23)13-30(23)22(33)24(34)7-8-35-20-4-2-1-3-18(20)24/h1-9,14-15,34H,10-13H2,(H,26,32). The van der Waals surface area contributed by atoms with Gasteiger partial charge in [0.2, 0.25) is 5.91 Å². The fourth-order valence-corrected chi connectivity index (χ4v) is 5.56.